The summed E-state index contributed by atoms with van der Waals surface area (Å²) in [6.07, 6.45) is 1.95. The van der Waals surface area contributed by atoms with Gasteiger partial charge in [0, 0.05) is 11.8 Å². The Morgan fingerprint density at radius 2 is 1.31 bits per heavy atom. The molecule has 0 aliphatic heterocycles. The minimum absolute atomic E-state index is 0.0248. The van der Waals surface area contributed by atoms with Crippen molar-refractivity contribution in [3.63, 3.8) is 0 Å². The first-order valence-electron chi connectivity index (χ1n) is 10.4. The molecule has 0 saturated heterocycles. The lowest BCUT2D eigenvalue weighted by molar-refractivity contribution is 0.299. The van der Waals surface area contributed by atoms with Gasteiger partial charge in [0.25, 0.3) is 0 Å². The van der Waals surface area contributed by atoms with Crippen molar-refractivity contribution in [2.75, 3.05) is 0 Å². The van der Waals surface area contributed by atoms with Crippen LogP contribution in [-0.4, -0.2) is 4.98 Å². The summed E-state index contributed by atoms with van der Waals surface area (Å²) in [5.74, 6) is 0. The first kappa shape index (κ1) is 18.1. The van der Waals surface area contributed by atoms with Gasteiger partial charge in [-0.1, -0.05) is 70.2 Å². The van der Waals surface area contributed by atoms with Crippen LogP contribution in [-0.2, 0) is 10.8 Å². The Morgan fingerprint density at radius 3 is 2.00 bits per heavy atom. The summed E-state index contributed by atoms with van der Waals surface area (Å²) in [7, 11) is 0. The molecule has 1 nitrogen and oxygen atoms in total. The van der Waals surface area contributed by atoms with Crippen LogP contribution in [0.4, 0.5) is 0 Å². The zero-order valence-electron chi connectivity index (χ0n) is 17.9. The molecule has 1 aromatic heterocycles. The molecule has 29 heavy (non-hydrogen) atoms. The second-order valence-electron chi connectivity index (χ2n) is 9.48. The molecular weight excluding hydrogens is 350 g/mol. The van der Waals surface area contributed by atoms with Gasteiger partial charge in [-0.3, -0.25) is 4.98 Å². The highest BCUT2D eigenvalue weighted by Gasteiger charge is 2.45. The third-order valence-electron chi connectivity index (χ3n) is 7.31. The lowest BCUT2D eigenvalue weighted by Crippen LogP contribution is -2.43. The molecular formula is C28H27N. The number of hydrogen-bond acceptors (Lipinski definition) is 1. The minimum atomic E-state index is 0.0248. The van der Waals surface area contributed by atoms with Crippen LogP contribution in [0.15, 0.2) is 72.9 Å². The number of fused-ring (bicyclic) bond motifs is 4. The number of aryl methyl sites for hydroxylation is 1. The minimum Gasteiger partial charge on any atom is -0.256 e. The Hall–Kier alpha value is -2.93. The van der Waals surface area contributed by atoms with Crippen molar-refractivity contribution in [1.29, 1.82) is 0 Å². The molecule has 3 aromatic carbocycles. The quantitative estimate of drug-likeness (QED) is 0.336. The van der Waals surface area contributed by atoms with E-state index in [1.54, 1.807) is 0 Å². The van der Waals surface area contributed by atoms with Crippen LogP contribution >= 0.6 is 0 Å². The smallest absolute Gasteiger partial charge is 0.0702 e. The van der Waals surface area contributed by atoms with Gasteiger partial charge in [0.1, 0.15) is 0 Å². The van der Waals surface area contributed by atoms with Gasteiger partial charge in [-0.25, -0.2) is 0 Å². The van der Waals surface area contributed by atoms with E-state index < -0.39 is 0 Å². The maximum absolute atomic E-state index is 4.67. The van der Waals surface area contributed by atoms with Crippen LogP contribution in [0.25, 0.3) is 33.2 Å². The highest BCUT2D eigenvalue weighted by molar-refractivity contribution is 5.92. The van der Waals surface area contributed by atoms with Gasteiger partial charge in [0.2, 0.25) is 0 Å². The fourth-order valence-corrected chi connectivity index (χ4v) is 4.76. The monoisotopic (exact) mass is 377 g/mol. The van der Waals surface area contributed by atoms with E-state index in [-0.39, 0.29) is 10.8 Å². The predicted molar refractivity (Wildman–Crippen MR) is 123 cm³/mol. The first-order valence-corrected chi connectivity index (χ1v) is 10.4. The molecule has 1 heterocycles. The van der Waals surface area contributed by atoms with E-state index in [0.717, 1.165) is 5.69 Å². The Balaban J connectivity index is 1.82. The molecule has 0 atom stereocenters. The SMILES string of the molecule is Cc1ccc(-c2ccc3c(c2)-c2cc4ccccc4cc2C(C)(C)C3(C)C)nc1. The number of pyridine rings is 1. The molecule has 1 aliphatic carbocycles. The molecule has 4 aromatic rings. The van der Waals surface area contributed by atoms with Crippen molar-refractivity contribution in [3.05, 3.63) is 89.6 Å². The Labute approximate surface area is 173 Å². The third kappa shape index (κ3) is 2.57. The van der Waals surface area contributed by atoms with Crippen molar-refractivity contribution >= 4 is 10.8 Å². The average molecular weight is 378 g/mol. The van der Waals surface area contributed by atoms with E-state index in [1.165, 1.54) is 44.2 Å². The molecule has 0 radical (unpaired) electrons. The Kier molecular flexibility index (Phi) is 3.77. The summed E-state index contributed by atoms with van der Waals surface area (Å²) in [6.45, 7) is 11.6. The number of hydrogen-bond donors (Lipinski definition) is 0. The molecule has 1 heteroatoms. The standard InChI is InChI=1S/C28H27N/c1-18-10-13-26(29-17-18)21-11-12-24-22(15-21)23-14-19-8-6-7-9-20(19)16-25(23)28(4,5)27(24,2)3/h6-17H,1-5H3. The highest BCUT2D eigenvalue weighted by Crippen LogP contribution is 2.54. The largest absolute Gasteiger partial charge is 0.256 e. The summed E-state index contributed by atoms with van der Waals surface area (Å²) < 4.78 is 0. The lowest BCUT2D eigenvalue weighted by Gasteiger charge is -2.48. The summed E-state index contributed by atoms with van der Waals surface area (Å²) in [6, 6.07) is 24.6. The van der Waals surface area contributed by atoms with Crippen LogP contribution in [0.2, 0.25) is 0 Å². The van der Waals surface area contributed by atoms with Gasteiger partial charge in [0.15, 0.2) is 0 Å². The maximum Gasteiger partial charge on any atom is 0.0702 e. The van der Waals surface area contributed by atoms with E-state index in [9.17, 15) is 0 Å². The van der Waals surface area contributed by atoms with Crippen molar-refractivity contribution in [2.45, 2.75) is 45.4 Å². The molecule has 0 unspecified atom stereocenters. The molecule has 0 bridgehead atoms. The molecule has 0 N–H and O–H groups in total. The van der Waals surface area contributed by atoms with Gasteiger partial charge in [-0.2, -0.15) is 0 Å². The Bertz CT molecular complexity index is 1240. The van der Waals surface area contributed by atoms with Crippen LogP contribution < -0.4 is 0 Å². The number of rotatable bonds is 1. The number of benzene rings is 3. The second-order valence-corrected chi connectivity index (χ2v) is 9.48. The van der Waals surface area contributed by atoms with Crippen LogP contribution in [0.1, 0.15) is 44.4 Å². The van der Waals surface area contributed by atoms with Gasteiger partial charge in [0.05, 0.1) is 5.69 Å². The summed E-state index contributed by atoms with van der Waals surface area (Å²) in [5, 5.41) is 2.61. The predicted octanol–water partition coefficient (Wildman–Crippen LogP) is 7.45. The highest BCUT2D eigenvalue weighted by atomic mass is 14.7. The van der Waals surface area contributed by atoms with Crippen LogP contribution in [0.5, 0.6) is 0 Å². The molecule has 0 fully saturated rings. The van der Waals surface area contributed by atoms with E-state index in [0.29, 0.717) is 0 Å². The summed E-state index contributed by atoms with van der Waals surface area (Å²) >= 11 is 0. The van der Waals surface area contributed by atoms with Gasteiger partial charge >= 0.3 is 0 Å². The summed E-state index contributed by atoms with van der Waals surface area (Å²) in [4.78, 5) is 4.67. The second kappa shape index (κ2) is 6.03. The van der Waals surface area contributed by atoms with E-state index in [1.807, 2.05) is 6.20 Å². The van der Waals surface area contributed by atoms with E-state index in [4.69, 9.17) is 0 Å². The van der Waals surface area contributed by atoms with Gasteiger partial charge in [-0.05, 0) is 80.6 Å². The number of aromatic nitrogens is 1. The van der Waals surface area contributed by atoms with Gasteiger partial charge < -0.3 is 0 Å². The first-order chi connectivity index (χ1) is 13.8. The molecule has 0 spiro atoms. The Morgan fingerprint density at radius 1 is 0.655 bits per heavy atom. The van der Waals surface area contributed by atoms with Crippen molar-refractivity contribution in [2.24, 2.45) is 0 Å². The van der Waals surface area contributed by atoms with Gasteiger partial charge in [-0.15, -0.1) is 0 Å². The normalized spacial score (nSPS) is 16.3. The molecule has 1 aliphatic rings. The van der Waals surface area contributed by atoms with Crippen molar-refractivity contribution in [1.82, 2.24) is 4.98 Å². The number of nitrogens with zero attached hydrogens (tertiary/aromatic N) is 1. The zero-order valence-corrected chi connectivity index (χ0v) is 17.9. The van der Waals surface area contributed by atoms with Crippen molar-refractivity contribution < 1.29 is 0 Å². The fraction of sp³-hybridized carbons (Fsp3) is 0.250. The third-order valence-corrected chi connectivity index (χ3v) is 7.31. The molecule has 5 rings (SSSR count). The van der Waals surface area contributed by atoms with Crippen molar-refractivity contribution in [3.8, 4) is 22.4 Å². The zero-order chi connectivity index (χ0) is 20.4. The molecule has 144 valence electrons. The lowest BCUT2D eigenvalue weighted by atomic mass is 9.55. The maximum atomic E-state index is 4.67. The van der Waals surface area contributed by atoms with E-state index in [2.05, 4.69) is 106 Å². The van der Waals surface area contributed by atoms with E-state index >= 15 is 0 Å². The average Bonchev–Trinajstić information content (AvgIpc) is 2.72. The van der Waals surface area contributed by atoms with Crippen LogP contribution in [0.3, 0.4) is 0 Å². The fourth-order valence-electron chi connectivity index (χ4n) is 4.76. The summed E-state index contributed by atoms with van der Waals surface area (Å²) in [5.41, 5.74) is 9.00. The van der Waals surface area contributed by atoms with Crippen LogP contribution in [0, 0.1) is 6.92 Å². The molecule has 0 saturated carbocycles. The topological polar surface area (TPSA) is 12.9 Å². The molecule has 0 amide bonds.